The van der Waals surface area contributed by atoms with Gasteiger partial charge in [0, 0.05) is 12.1 Å². The van der Waals surface area contributed by atoms with Crippen LogP contribution in [0.3, 0.4) is 0 Å². The molecule has 3 rings (SSSR count). The Morgan fingerprint density at radius 2 is 1.41 bits per heavy atom. The third kappa shape index (κ3) is 6.02. The van der Waals surface area contributed by atoms with Crippen molar-refractivity contribution in [3.05, 3.63) is 105 Å². The molecule has 0 spiro atoms. The molecule has 0 unspecified atom stereocenters. The van der Waals surface area contributed by atoms with Gasteiger partial charge in [-0.1, -0.05) is 81.4 Å². The highest BCUT2D eigenvalue weighted by Gasteiger charge is 2.32. The minimum absolute atomic E-state index is 0.200. The van der Waals surface area contributed by atoms with Crippen molar-refractivity contribution in [2.24, 2.45) is 5.41 Å². The highest BCUT2D eigenvalue weighted by molar-refractivity contribution is 7.73. The van der Waals surface area contributed by atoms with E-state index >= 15 is 0 Å². The summed E-state index contributed by atoms with van der Waals surface area (Å²) in [4.78, 5) is 34.3. The number of hydrogen-bond donors (Lipinski definition) is 1. The number of nitro benzene ring substituents is 2. The summed E-state index contributed by atoms with van der Waals surface area (Å²) in [5.74, 6) is -0.627. The van der Waals surface area contributed by atoms with Crippen LogP contribution in [0.5, 0.6) is 0 Å². The normalized spacial score (nSPS) is 12.2. The van der Waals surface area contributed by atoms with Crippen molar-refractivity contribution in [2.45, 2.75) is 26.8 Å². The Hall–Kier alpha value is -3.64. The Kier molecular flexibility index (Phi) is 7.74. The Morgan fingerprint density at radius 1 is 0.882 bits per heavy atom. The van der Waals surface area contributed by atoms with Crippen LogP contribution in [-0.4, -0.2) is 28.0 Å². The van der Waals surface area contributed by atoms with E-state index in [9.17, 15) is 25.0 Å². The molecule has 0 aliphatic rings. The molecule has 0 saturated carbocycles. The monoisotopic (exact) mass is 479 g/mol. The molecule has 0 saturated heterocycles. The third-order valence-corrected chi connectivity index (χ3v) is 8.06. The zero-order valence-corrected chi connectivity index (χ0v) is 20.1. The van der Waals surface area contributed by atoms with Gasteiger partial charge in [0.2, 0.25) is 0 Å². The molecule has 0 bridgehead atoms. The van der Waals surface area contributed by atoms with Gasteiger partial charge in [0.1, 0.15) is 5.56 Å². The van der Waals surface area contributed by atoms with Crippen molar-refractivity contribution in [3.8, 4) is 0 Å². The number of benzene rings is 3. The molecule has 0 radical (unpaired) electrons. The number of amides is 1. The minimum atomic E-state index is -0.826. The quantitative estimate of drug-likeness (QED) is 0.284. The van der Waals surface area contributed by atoms with Gasteiger partial charge in [0.15, 0.2) is 0 Å². The fraction of sp³-hybridized carbons (Fsp3) is 0.240. The van der Waals surface area contributed by atoms with Crippen LogP contribution >= 0.6 is 7.92 Å². The number of nitrogens with zero attached hydrogens (tertiary/aromatic N) is 2. The molecular weight excluding hydrogens is 453 g/mol. The highest BCUT2D eigenvalue weighted by Crippen LogP contribution is 2.38. The van der Waals surface area contributed by atoms with Crippen LogP contribution in [0, 0.1) is 25.6 Å². The van der Waals surface area contributed by atoms with Gasteiger partial charge in [0.05, 0.1) is 15.9 Å². The summed E-state index contributed by atoms with van der Waals surface area (Å²) in [6, 6.07) is 22.9. The molecule has 0 aliphatic carbocycles. The fourth-order valence-electron chi connectivity index (χ4n) is 3.51. The number of hydrogen-bond acceptors (Lipinski definition) is 5. The highest BCUT2D eigenvalue weighted by atomic mass is 31.1. The largest absolute Gasteiger partial charge is 0.348 e. The van der Waals surface area contributed by atoms with Crippen molar-refractivity contribution in [1.29, 1.82) is 0 Å². The van der Waals surface area contributed by atoms with Gasteiger partial charge < -0.3 is 5.32 Å². The molecular formula is C25H26N3O5P. The second-order valence-corrected chi connectivity index (χ2v) is 11.1. The maximum atomic E-state index is 13.2. The van der Waals surface area contributed by atoms with Crippen LogP contribution in [0.25, 0.3) is 0 Å². The van der Waals surface area contributed by atoms with Gasteiger partial charge in [-0.15, -0.1) is 0 Å². The van der Waals surface area contributed by atoms with E-state index in [4.69, 9.17) is 0 Å². The first-order valence-corrected chi connectivity index (χ1v) is 12.2. The molecule has 8 nitrogen and oxygen atoms in total. The lowest BCUT2D eigenvalue weighted by atomic mass is 9.87. The predicted octanol–water partition coefficient (Wildman–Crippen LogP) is 4.78. The molecule has 3 aromatic carbocycles. The van der Waals surface area contributed by atoms with Gasteiger partial charge in [-0.05, 0) is 36.2 Å². The average Bonchev–Trinajstić information content (AvgIpc) is 2.81. The van der Waals surface area contributed by atoms with Crippen molar-refractivity contribution in [1.82, 2.24) is 5.32 Å². The molecule has 0 aliphatic heterocycles. The van der Waals surface area contributed by atoms with E-state index in [-0.39, 0.29) is 17.0 Å². The molecule has 0 fully saturated rings. The summed E-state index contributed by atoms with van der Waals surface area (Å²) < 4.78 is 0. The fourth-order valence-corrected chi connectivity index (χ4v) is 6.29. The van der Waals surface area contributed by atoms with E-state index in [1.165, 1.54) is 0 Å². The van der Waals surface area contributed by atoms with Crippen LogP contribution in [0.1, 0.15) is 31.1 Å². The van der Waals surface area contributed by atoms with Crippen LogP contribution in [0.15, 0.2) is 78.9 Å². The predicted molar refractivity (Wildman–Crippen MR) is 134 cm³/mol. The van der Waals surface area contributed by atoms with E-state index in [1.807, 2.05) is 57.2 Å². The summed E-state index contributed by atoms with van der Waals surface area (Å²) in [6.07, 6.45) is 0.624. The van der Waals surface area contributed by atoms with Gasteiger partial charge in [-0.25, -0.2) is 0 Å². The number of nitro groups is 2. The van der Waals surface area contributed by atoms with Crippen molar-refractivity contribution < 1.29 is 14.6 Å². The number of rotatable bonds is 8. The zero-order chi connectivity index (χ0) is 24.9. The Bertz CT molecular complexity index is 1140. The molecule has 0 aromatic heterocycles. The summed E-state index contributed by atoms with van der Waals surface area (Å²) in [5, 5.41) is 27.9. The third-order valence-electron chi connectivity index (χ3n) is 5.49. The molecule has 0 heterocycles. The summed E-state index contributed by atoms with van der Waals surface area (Å²) in [7, 11) is -0.826. The van der Waals surface area contributed by atoms with Crippen molar-refractivity contribution in [2.75, 3.05) is 6.16 Å². The van der Waals surface area contributed by atoms with Crippen LogP contribution in [0.4, 0.5) is 11.4 Å². The van der Waals surface area contributed by atoms with E-state index in [0.717, 1.165) is 28.8 Å². The molecule has 3 aromatic rings. The lowest BCUT2D eigenvalue weighted by Crippen LogP contribution is -2.47. The second-order valence-electron chi connectivity index (χ2n) is 8.89. The maximum absolute atomic E-state index is 13.2. The summed E-state index contributed by atoms with van der Waals surface area (Å²) in [6.45, 7) is 6.02. The van der Waals surface area contributed by atoms with Gasteiger partial charge >= 0.3 is 0 Å². The van der Waals surface area contributed by atoms with Crippen molar-refractivity contribution >= 4 is 35.8 Å². The number of carbonyl (C=O) groups is 1. The number of carbonyl (C=O) groups excluding carboxylic acids is 1. The number of nitrogens with one attached hydrogen (secondary N) is 1. The van der Waals surface area contributed by atoms with Crippen LogP contribution in [-0.2, 0) is 0 Å². The first-order valence-electron chi connectivity index (χ1n) is 10.7. The van der Waals surface area contributed by atoms with Crippen LogP contribution < -0.4 is 15.9 Å². The maximum Gasteiger partial charge on any atom is 0.289 e. The van der Waals surface area contributed by atoms with E-state index in [0.29, 0.717) is 6.16 Å². The lowest BCUT2D eigenvalue weighted by Gasteiger charge is -2.35. The Morgan fingerprint density at radius 3 is 1.85 bits per heavy atom. The van der Waals surface area contributed by atoms with Crippen LogP contribution in [0.2, 0.25) is 0 Å². The van der Waals surface area contributed by atoms with E-state index in [2.05, 4.69) is 29.6 Å². The minimum Gasteiger partial charge on any atom is -0.348 e. The van der Waals surface area contributed by atoms with Gasteiger partial charge in [-0.2, -0.15) is 0 Å². The topological polar surface area (TPSA) is 115 Å². The Balaban J connectivity index is 1.96. The first kappa shape index (κ1) is 25.0. The number of non-ortho nitro benzene ring substituents is 1. The molecule has 9 heteroatoms. The van der Waals surface area contributed by atoms with E-state index in [1.54, 1.807) is 0 Å². The van der Waals surface area contributed by atoms with Crippen molar-refractivity contribution in [3.63, 3.8) is 0 Å². The summed E-state index contributed by atoms with van der Waals surface area (Å²) in [5.41, 5.74) is -1.58. The standard InChI is InChI=1S/C25H26N3O5P/c1-25(2,3)23(17-34(19-10-6-4-7-11-19)20-12-8-5-9-13-20)26-24(29)21-15-14-18(27(30)31)16-22(21)28(32)33/h4-16,23H,17H2,1-3H3,(H,26,29)/t23-/m1/s1. The smallest absolute Gasteiger partial charge is 0.289 e. The molecule has 1 atom stereocenters. The molecule has 176 valence electrons. The second kappa shape index (κ2) is 10.5. The molecule has 34 heavy (non-hydrogen) atoms. The SMILES string of the molecule is CC(C)(C)[C@@H](CP(c1ccccc1)c1ccccc1)NC(=O)c1ccc([N+](=O)[O-])cc1[N+](=O)[O-]. The molecule has 1 amide bonds. The Labute approximate surface area is 199 Å². The average molecular weight is 479 g/mol. The van der Waals surface area contributed by atoms with E-state index < -0.39 is 35.1 Å². The summed E-state index contributed by atoms with van der Waals surface area (Å²) >= 11 is 0. The molecule has 1 N–H and O–H groups in total. The first-order chi connectivity index (χ1) is 16.1. The lowest BCUT2D eigenvalue weighted by molar-refractivity contribution is -0.394. The van der Waals surface area contributed by atoms with Gasteiger partial charge in [0.25, 0.3) is 17.3 Å². The zero-order valence-electron chi connectivity index (χ0n) is 19.2. The van der Waals surface area contributed by atoms with Gasteiger partial charge in [-0.3, -0.25) is 25.0 Å².